The van der Waals surface area contributed by atoms with E-state index >= 15 is 0 Å². The lowest BCUT2D eigenvalue weighted by molar-refractivity contribution is 0.312. The van der Waals surface area contributed by atoms with Gasteiger partial charge in [-0.1, -0.05) is 11.6 Å². The lowest BCUT2D eigenvalue weighted by Crippen LogP contribution is -2.07. The molecule has 0 saturated carbocycles. The van der Waals surface area contributed by atoms with Crippen LogP contribution in [0.2, 0.25) is 5.02 Å². The van der Waals surface area contributed by atoms with Crippen LogP contribution in [0.5, 0.6) is 11.5 Å². The van der Waals surface area contributed by atoms with Crippen molar-refractivity contribution in [3.63, 3.8) is 0 Å². The van der Waals surface area contributed by atoms with Crippen molar-refractivity contribution < 1.29 is 9.47 Å². The van der Waals surface area contributed by atoms with Gasteiger partial charge in [-0.3, -0.25) is 5.10 Å². The smallest absolute Gasteiger partial charge is 0.158 e. The number of methoxy groups -OCH3 is 1. The van der Waals surface area contributed by atoms with Crippen LogP contribution in [0.4, 0.5) is 11.6 Å². The van der Waals surface area contributed by atoms with Crippen LogP contribution in [0, 0.1) is 11.3 Å². The van der Waals surface area contributed by atoms with E-state index in [2.05, 4.69) is 25.5 Å². The first-order chi connectivity index (χ1) is 13.6. The first-order valence-electron chi connectivity index (χ1n) is 8.40. The molecule has 1 aromatic carbocycles. The number of anilines is 2. The topological polar surface area (TPSA) is 135 Å². The third-order valence-electron chi connectivity index (χ3n) is 3.73. The van der Waals surface area contributed by atoms with E-state index in [-0.39, 0.29) is 5.69 Å². The number of hydrogen-bond acceptors (Lipinski definition) is 8. The second-order valence-electron chi connectivity index (χ2n) is 5.66. The maximum atomic E-state index is 8.79. The van der Waals surface area contributed by atoms with E-state index in [1.165, 1.54) is 12.4 Å². The maximum absolute atomic E-state index is 8.79. The number of halogens is 1. The van der Waals surface area contributed by atoms with Gasteiger partial charge in [-0.25, -0.2) is 9.97 Å². The van der Waals surface area contributed by atoms with Crippen LogP contribution in [-0.2, 0) is 0 Å². The van der Waals surface area contributed by atoms with Crippen molar-refractivity contribution >= 4 is 23.2 Å². The lowest BCUT2D eigenvalue weighted by atomic mass is 10.1. The number of aromatic amines is 1. The van der Waals surface area contributed by atoms with E-state index in [1.54, 1.807) is 25.3 Å². The molecular formula is C18H18ClN7O2. The molecule has 0 spiro atoms. The largest absolute Gasteiger partial charge is 0.496 e. The number of nitrogens with two attached hydrogens (primary N) is 1. The molecule has 9 nitrogen and oxygen atoms in total. The maximum Gasteiger partial charge on any atom is 0.158 e. The van der Waals surface area contributed by atoms with E-state index in [4.69, 9.17) is 32.1 Å². The Kier molecular flexibility index (Phi) is 6.26. The number of hydrogen-bond donors (Lipinski definition) is 3. The molecule has 0 fully saturated rings. The highest BCUT2D eigenvalue weighted by Crippen LogP contribution is 2.41. The quantitative estimate of drug-likeness (QED) is 0.492. The minimum atomic E-state index is 0.235. The Bertz CT molecular complexity index is 983. The fourth-order valence-electron chi connectivity index (χ4n) is 2.46. The van der Waals surface area contributed by atoms with Crippen molar-refractivity contribution in [3.05, 3.63) is 41.3 Å². The van der Waals surface area contributed by atoms with Gasteiger partial charge in [-0.05, 0) is 25.1 Å². The zero-order valence-electron chi connectivity index (χ0n) is 15.1. The summed E-state index contributed by atoms with van der Waals surface area (Å²) >= 11 is 6.18. The van der Waals surface area contributed by atoms with E-state index in [9.17, 15) is 0 Å². The fourth-order valence-corrected chi connectivity index (χ4v) is 2.66. The Hall–Kier alpha value is -3.35. The normalized spacial score (nSPS) is 10.4. The zero-order chi connectivity index (χ0) is 19.9. The molecule has 0 atom stereocenters. The van der Waals surface area contributed by atoms with Crippen LogP contribution in [0.3, 0.4) is 0 Å². The minimum absolute atomic E-state index is 0.235. The van der Waals surface area contributed by atoms with Crippen LogP contribution >= 0.6 is 11.6 Å². The van der Waals surface area contributed by atoms with Gasteiger partial charge in [0, 0.05) is 11.1 Å². The Morgan fingerprint density at radius 2 is 2.04 bits per heavy atom. The molecule has 0 amide bonds. The summed E-state index contributed by atoms with van der Waals surface area (Å²) in [5, 5.41) is 19.5. The zero-order valence-corrected chi connectivity index (χ0v) is 15.8. The van der Waals surface area contributed by atoms with Crippen LogP contribution < -0.4 is 20.5 Å². The molecule has 0 radical (unpaired) electrons. The number of nitrogens with one attached hydrogen (secondary N) is 2. The number of nitriles is 1. The number of nitrogens with zero attached hydrogens (tertiary/aromatic N) is 4. The molecule has 0 bridgehead atoms. The number of H-pyrrole nitrogens is 1. The van der Waals surface area contributed by atoms with Gasteiger partial charge < -0.3 is 20.5 Å². The van der Waals surface area contributed by atoms with Crippen molar-refractivity contribution in [2.75, 3.05) is 25.6 Å². The Balaban J connectivity index is 1.89. The van der Waals surface area contributed by atoms with E-state index in [1.807, 2.05) is 6.07 Å². The van der Waals surface area contributed by atoms with Crippen molar-refractivity contribution in [2.45, 2.75) is 6.42 Å². The van der Waals surface area contributed by atoms with Gasteiger partial charge in [-0.2, -0.15) is 10.4 Å². The molecular weight excluding hydrogens is 382 g/mol. The van der Waals surface area contributed by atoms with Crippen molar-refractivity contribution in [3.8, 4) is 28.8 Å². The van der Waals surface area contributed by atoms with Crippen LogP contribution in [0.25, 0.3) is 11.3 Å². The molecule has 144 valence electrons. The molecule has 3 aromatic rings. The van der Waals surface area contributed by atoms with Gasteiger partial charge in [0.05, 0.1) is 37.4 Å². The highest BCUT2D eigenvalue weighted by Gasteiger charge is 2.17. The summed E-state index contributed by atoms with van der Waals surface area (Å²) in [6, 6.07) is 7.12. The third-order valence-corrected chi connectivity index (χ3v) is 3.94. The Morgan fingerprint density at radius 3 is 2.71 bits per heavy atom. The van der Waals surface area contributed by atoms with Gasteiger partial charge >= 0.3 is 0 Å². The third kappa shape index (κ3) is 4.49. The predicted molar refractivity (Wildman–Crippen MR) is 105 cm³/mol. The second kappa shape index (κ2) is 9.03. The molecule has 10 heteroatoms. The van der Waals surface area contributed by atoms with Crippen molar-refractivity contribution in [2.24, 2.45) is 5.73 Å². The van der Waals surface area contributed by atoms with Gasteiger partial charge in [0.15, 0.2) is 11.5 Å². The SMILES string of the molecule is COc1cc(Cl)cc(OCCCN)c1-c1cc(Nc2cnc(C#N)cn2)n[nH]1. The first kappa shape index (κ1) is 19.4. The van der Waals surface area contributed by atoms with Gasteiger partial charge in [0.25, 0.3) is 0 Å². The summed E-state index contributed by atoms with van der Waals surface area (Å²) in [6.45, 7) is 0.976. The van der Waals surface area contributed by atoms with E-state index in [0.717, 1.165) is 0 Å². The second-order valence-corrected chi connectivity index (χ2v) is 6.10. The summed E-state index contributed by atoms with van der Waals surface area (Å²) in [7, 11) is 1.56. The average Bonchev–Trinajstić information content (AvgIpc) is 3.16. The molecule has 28 heavy (non-hydrogen) atoms. The Labute approximate surface area is 166 Å². The van der Waals surface area contributed by atoms with Crippen molar-refractivity contribution in [1.82, 2.24) is 20.2 Å². The monoisotopic (exact) mass is 399 g/mol. The molecule has 3 rings (SSSR count). The lowest BCUT2D eigenvalue weighted by Gasteiger charge is -2.14. The highest BCUT2D eigenvalue weighted by molar-refractivity contribution is 6.31. The highest BCUT2D eigenvalue weighted by atomic mass is 35.5. The van der Waals surface area contributed by atoms with Gasteiger partial charge in [0.1, 0.15) is 23.4 Å². The first-order valence-corrected chi connectivity index (χ1v) is 8.77. The summed E-state index contributed by atoms with van der Waals surface area (Å²) in [5.41, 5.74) is 7.13. The number of benzene rings is 1. The summed E-state index contributed by atoms with van der Waals surface area (Å²) in [4.78, 5) is 8.07. The molecule has 0 unspecified atom stereocenters. The van der Waals surface area contributed by atoms with E-state index in [0.29, 0.717) is 59.0 Å². The molecule has 0 saturated heterocycles. The molecule has 4 N–H and O–H groups in total. The molecule has 2 heterocycles. The fraction of sp³-hybridized carbons (Fsp3) is 0.222. The summed E-state index contributed by atoms with van der Waals surface area (Å²) in [5.74, 6) is 2.08. The van der Waals surface area contributed by atoms with Crippen molar-refractivity contribution in [1.29, 1.82) is 5.26 Å². The average molecular weight is 400 g/mol. The standard InChI is InChI=1S/C18H18ClN7O2/c1-27-14-5-11(19)6-15(28-4-2-3-20)18(14)13-7-16(26-25-13)24-17-10-22-12(8-21)9-23-17/h5-7,9-10H,2-4,20H2,1H3,(H2,23,24,25,26). The van der Waals surface area contributed by atoms with Gasteiger partial charge in [0.2, 0.25) is 0 Å². The summed E-state index contributed by atoms with van der Waals surface area (Å²) in [6.07, 6.45) is 3.54. The minimum Gasteiger partial charge on any atom is -0.496 e. The molecule has 0 aliphatic carbocycles. The molecule has 0 aliphatic rings. The molecule has 0 aliphatic heterocycles. The molecule has 2 aromatic heterocycles. The van der Waals surface area contributed by atoms with Gasteiger partial charge in [-0.15, -0.1) is 0 Å². The number of rotatable bonds is 8. The number of ether oxygens (including phenoxy) is 2. The Morgan fingerprint density at radius 1 is 1.21 bits per heavy atom. The van der Waals surface area contributed by atoms with E-state index < -0.39 is 0 Å². The summed E-state index contributed by atoms with van der Waals surface area (Å²) < 4.78 is 11.3. The number of aromatic nitrogens is 4. The van der Waals surface area contributed by atoms with Crippen LogP contribution in [0.1, 0.15) is 12.1 Å². The van der Waals surface area contributed by atoms with Crippen LogP contribution in [-0.4, -0.2) is 40.4 Å². The predicted octanol–water partition coefficient (Wildman–Crippen LogP) is 2.87. The van der Waals surface area contributed by atoms with Crippen LogP contribution in [0.15, 0.2) is 30.6 Å².